The normalized spacial score (nSPS) is 31.7. The van der Waals surface area contributed by atoms with Crippen molar-refractivity contribution >= 4 is 12.1 Å². The first kappa shape index (κ1) is 12.2. The average molecular weight is 241 g/mol. The summed E-state index contributed by atoms with van der Waals surface area (Å²) in [6.07, 6.45) is 1.06. The monoisotopic (exact) mass is 241 g/mol. The third-order valence-electron chi connectivity index (χ3n) is 3.49. The van der Waals surface area contributed by atoms with E-state index in [1.165, 1.54) is 0 Å². The van der Waals surface area contributed by atoms with Gasteiger partial charge >= 0.3 is 12.1 Å². The van der Waals surface area contributed by atoms with Crippen molar-refractivity contribution in [3.8, 4) is 0 Å². The van der Waals surface area contributed by atoms with Gasteiger partial charge in [0.15, 0.2) is 0 Å². The SMILES string of the molecule is CC(C)(C)OC(=O)N1C[C@H]2C[C@@H]1C[C@@H]2C(=O)O. The number of carbonyl (C=O) groups excluding carboxylic acids is 1. The molecule has 5 heteroatoms. The Kier molecular flexibility index (Phi) is 2.79. The molecule has 96 valence electrons. The van der Waals surface area contributed by atoms with Gasteiger partial charge < -0.3 is 14.7 Å². The highest BCUT2D eigenvalue weighted by atomic mass is 16.6. The van der Waals surface area contributed by atoms with Gasteiger partial charge in [-0.25, -0.2) is 4.79 Å². The molecule has 1 saturated carbocycles. The van der Waals surface area contributed by atoms with Gasteiger partial charge in [-0.15, -0.1) is 0 Å². The number of carbonyl (C=O) groups is 2. The first-order valence-electron chi connectivity index (χ1n) is 6.00. The Hall–Kier alpha value is -1.26. The van der Waals surface area contributed by atoms with Gasteiger partial charge in [0.25, 0.3) is 0 Å². The van der Waals surface area contributed by atoms with E-state index in [-0.39, 0.29) is 24.0 Å². The zero-order valence-corrected chi connectivity index (χ0v) is 10.5. The molecule has 2 aliphatic rings. The smallest absolute Gasteiger partial charge is 0.410 e. The molecule has 2 bridgehead atoms. The van der Waals surface area contributed by atoms with Gasteiger partial charge in [-0.3, -0.25) is 4.79 Å². The van der Waals surface area contributed by atoms with E-state index in [1.807, 2.05) is 20.8 Å². The lowest BCUT2D eigenvalue weighted by Crippen LogP contribution is -2.44. The first-order valence-corrected chi connectivity index (χ1v) is 6.00. The summed E-state index contributed by atoms with van der Waals surface area (Å²) in [6, 6.07) is 0.0518. The van der Waals surface area contributed by atoms with Gasteiger partial charge in [-0.1, -0.05) is 0 Å². The van der Waals surface area contributed by atoms with Gasteiger partial charge in [0, 0.05) is 12.6 Å². The van der Waals surface area contributed by atoms with E-state index in [0.29, 0.717) is 13.0 Å². The molecule has 0 spiro atoms. The summed E-state index contributed by atoms with van der Waals surface area (Å²) in [4.78, 5) is 24.5. The maximum absolute atomic E-state index is 11.9. The fourth-order valence-corrected chi connectivity index (χ4v) is 2.80. The molecule has 2 rings (SSSR count). The fourth-order valence-electron chi connectivity index (χ4n) is 2.80. The molecule has 0 radical (unpaired) electrons. The number of likely N-dealkylation sites (tertiary alicyclic amines) is 1. The summed E-state index contributed by atoms with van der Waals surface area (Å²) in [5.74, 6) is -0.912. The zero-order valence-electron chi connectivity index (χ0n) is 10.5. The molecule has 5 nitrogen and oxygen atoms in total. The molecule has 0 unspecified atom stereocenters. The van der Waals surface area contributed by atoms with E-state index in [9.17, 15) is 9.59 Å². The highest BCUT2D eigenvalue weighted by Crippen LogP contribution is 2.42. The van der Waals surface area contributed by atoms with Crippen LogP contribution in [-0.4, -0.2) is 40.3 Å². The number of carboxylic acids is 1. The number of amides is 1. The number of rotatable bonds is 1. The van der Waals surface area contributed by atoms with Crippen LogP contribution in [0.15, 0.2) is 0 Å². The Labute approximate surface area is 101 Å². The van der Waals surface area contributed by atoms with Crippen LogP contribution in [0.5, 0.6) is 0 Å². The van der Waals surface area contributed by atoms with Gasteiger partial charge in [0.05, 0.1) is 5.92 Å². The number of aliphatic carboxylic acids is 1. The van der Waals surface area contributed by atoms with Gasteiger partial charge in [-0.05, 0) is 39.5 Å². The Morgan fingerprint density at radius 1 is 1.29 bits per heavy atom. The quantitative estimate of drug-likeness (QED) is 0.759. The highest BCUT2D eigenvalue weighted by molar-refractivity contribution is 5.73. The van der Waals surface area contributed by atoms with E-state index in [0.717, 1.165) is 6.42 Å². The second kappa shape index (κ2) is 3.89. The van der Waals surface area contributed by atoms with Gasteiger partial charge in [0.2, 0.25) is 0 Å². The Balaban J connectivity index is 1.96. The molecular formula is C12H19NO4. The van der Waals surface area contributed by atoms with E-state index < -0.39 is 11.6 Å². The number of ether oxygens (including phenoxy) is 1. The zero-order chi connectivity index (χ0) is 12.8. The lowest BCUT2D eigenvalue weighted by atomic mass is 9.95. The lowest BCUT2D eigenvalue weighted by molar-refractivity contribution is -0.143. The first-order chi connectivity index (χ1) is 7.78. The number of hydrogen-bond acceptors (Lipinski definition) is 3. The van der Waals surface area contributed by atoms with Crippen molar-refractivity contribution in [2.45, 2.75) is 45.3 Å². The van der Waals surface area contributed by atoms with Crippen LogP contribution in [0, 0.1) is 11.8 Å². The number of hydrogen-bond donors (Lipinski definition) is 1. The van der Waals surface area contributed by atoms with Crippen molar-refractivity contribution in [1.82, 2.24) is 4.90 Å². The summed E-state index contributed by atoms with van der Waals surface area (Å²) in [5, 5.41) is 9.01. The Bertz CT molecular complexity index is 347. The van der Waals surface area contributed by atoms with Gasteiger partial charge in [-0.2, -0.15) is 0 Å². The molecule has 1 heterocycles. The standard InChI is InChI=1S/C12H19NO4/c1-12(2,3)17-11(16)13-6-7-4-8(13)5-9(7)10(14)15/h7-9H,4-6H2,1-3H3,(H,14,15)/t7-,8-,9+/m1/s1. The lowest BCUT2D eigenvalue weighted by Gasteiger charge is -2.31. The van der Waals surface area contributed by atoms with Crippen LogP contribution in [0.3, 0.4) is 0 Å². The topological polar surface area (TPSA) is 66.8 Å². The third kappa shape index (κ3) is 2.37. The van der Waals surface area contributed by atoms with E-state index in [2.05, 4.69) is 0 Å². The molecule has 1 aliphatic carbocycles. The molecule has 17 heavy (non-hydrogen) atoms. The molecule has 1 N–H and O–H groups in total. The Morgan fingerprint density at radius 2 is 1.94 bits per heavy atom. The van der Waals surface area contributed by atoms with Crippen molar-refractivity contribution in [3.63, 3.8) is 0 Å². The van der Waals surface area contributed by atoms with Crippen LogP contribution in [0.2, 0.25) is 0 Å². The number of carboxylic acid groups (broad SMARTS) is 1. The molecule has 0 aromatic carbocycles. The minimum absolute atomic E-state index is 0.0518. The summed E-state index contributed by atoms with van der Waals surface area (Å²) in [5.41, 5.74) is -0.495. The van der Waals surface area contributed by atoms with E-state index in [4.69, 9.17) is 9.84 Å². The molecule has 2 fully saturated rings. The highest BCUT2D eigenvalue weighted by Gasteiger charge is 2.50. The molecule has 1 amide bonds. The van der Waals surface area contributed by atoms with E-state index in [1.54, 1.807) is 4.90 Å². The van der Waals surface area contributed by atoms with E-state index >= 15 is 0 Å². The second-order valence-electron chi connectivity index (χ2n) is 5.96. The van der Waals surface area contributed by atoms with Crippen LogP contribution in [0.1, 0.15) is 33.6 Å². The molecule has 0 aromatic rings. The predicted octanol–water partition coefficient (Wildman–Crippen LogP) is 1.72. The van der Waals surface area contributed by atoms with Crippen LogP contribution < -0.4 is 0 Å². The van der Waals surface area contributed by atoms with Crippen LogP contribution in [-0.2, 0) is 9.53 Å². The number of piperidine rings is 1. The minimum Gasteiger partial charge on any atom is -0.481 e. The molecule has 3 atom stereocenters. The molecular weight excluding hydrogens is 222 g/mol. The van der Waals surface area contributed by atoms with Crippen LogP contribution in [0.4, 0.5) is 4.79 Å². The third-order valence-corrected chi connectivity index (χ3v) is 3.49. The van der Waals surface area contributed by atoms with Crippen LogP contribution in [0.25, 0.3) is 0 Å². The molecule has 1 aliphatic heterocycles. The van der Waals surface area contributed by atoms with Crippen molar-refractivity contribution in [3.05, 3.63) is 0 Å². The van der Waals surface area contributed by atoms with Crippen molar-refractivity contribution < 1.29 is 19.4 Å². The number of fused-ring (bicyclic) bond motifs is 2. The fraction of sp³-hybridized carbons (Fsp3) is 0.833. The summed E-state index contributed by atoms with van der Waals surface area (Å²) in [6.45, 7) is 6.02. The maximum atomic E-state index is 11.9. The van der Waals surface area contributed by atoms with Crippen molar-refractivity contribution in [1.29, 1.82) is 0 Å². The largest absolute Gasteiger partial charge is 0.481 e. The molecule has 0 aromatic heterocycles. The van der Waals surface area contributed by atoms with Crippen molar-refractivity contribution in [2.24, 2.45) is 11.8 Å². The predicted molar refractivity (Wildman–Crippen MR) is 60.6 cm³/mol. The minimum atomic E-state index is -0.735. The Morgan fingerprint density at radius 3 is 2.35 bits per heavy atom. The number of nitrogens with zero attached hydrogens (tertiary/aromatic N) is 1. The summed E-state index contributed by atoms with van der Waals surface area (Å²) < 4.78 is 5.31. The summed E-state index contributed by atoms with van der Waals surface area (Å²) in [7, 11) is 0. The van der Waals surface area contributed by atoms with Crippen LogP contribution >= 0.6 is 0 Å². The second-order valence-corrected chi connectivity index (χ2v) is 5.96. The molecule has 1 saturated heterocycles. The summed E-state index contributed by atoms with van der Waals surface area (Å²) >= 11 is 0. The maximum Gasteiger partial charge on any atom is 0.410 e. The van der Waals surface area contributed by atoms with Crippen molar-refractivity contribution in [2.75, 3.05) is 6.54 Å². The average Bonchev–Trinajstić information content (AvgIpc) is 2.72. The van der Waals surface area contributed by atoms with Gasteiger partial charge in [0.1, 0.15) is 5.60 Å².